The molecule has 2 N–H and O–H groups in total. The molecule has 0 atom stereocenters. The molecule has 86 valence electrons. The van der Waals surface area contributed by atoms with E-state index in [4.69, 9.17) is 5.73 Å². The van der Waals surface area contributed by atoms with Crippen LogP contribution < -0.4 is 5.73 Å². The molecule has 1 aromatic heterocycles. The van der Waals surface area contributed by atoms with Crippen LogP contribution in [-0.4, -0.2) is 11.2 Å². The van der Waals surface area contributed by atoms with Crippen LogP contribution in [0.25, 0.3) is 0 Å². The third kappa shape index (κ3) is 3.10. The minimum absolute atomic E-state index is 0.272. The topological polar surface area (TPSA) is 51.3 Å². The molecule has 0 aliphatic heterocycles. The quantitative estimate of drug-likeness (QED) is 0.864. The van der Waals surface area contributed by atoms with Gasteiger partial charge in [0.15, 0.2) is 0 Å². The zero-order valence-electron chi connectivity index (χ0n) is 8.77. The molecule has 17 heavy (non-hydrogen) atoms. The largest absolute Gasteiger partial charge is 0.382 e. The normalized spacial score (nSPS) is 10.9. The SMILES string of the molecule is Nc1ncc(Br)cc1N=Cc1ccc(F)cc1. The third-order valence-corrected chi connectivity index (χ3v) is 2.52. The molecule has 1 heterocycles. The molecule has 0 aliphatic rings. The second-order valence-corrected chi connectivity index (χ2v) is 4.28. The van der Waals surface area contributed by atoms with E-state index in [0.717, 1.165) is 10.0 Å². The average molecular weight is 294 g/mol. The first-order valence-electron chi connectivity index (χ1n) is 4.86. The number of nitrogens with zero attached hydrogens (tertiary/aromatic N) is 2. The van der Waals surface area contributed by atoms with Crippen LogP contribution >= 0.6 is 15.9 Å². The lowest BCUT2D eigenvalue weighted by Gasteiger charge is -1.99. The van der Waals surface area contributed by atoms with E-state index in [9.17, 15) is 4.39 Å². The molecule has 0 radical (unpaired) electrons. The van der Waals surface area contributed by atoms with Gasteiger partial charge in [-0.1, -0.05) is 12.1 Å². The second-order valence-electron chi connectivity index (χ2n) is 3.37. The molecule has 3 nitrogen and oxygen atoms in total. The van der Waals surface area contributed by atoms with Crippen molar-refractivity contribution in [3.05, 3.63) is 52.4 Å². The molecular weight excluding hydrogens is 285 g/mol. The number of aliphatic imine (C=N–C) groups is 1. The van der Waals surface area contributed by atoms with E-state index < -0.39 is 0 Å². The van der Waals surface area contributed by atoms with Crippen molar-refractivity contribution < 1.29 is 4.39 Å². The van der Waals surface area contributed by atoms with E-state index in [1.807, 2.05) is 0 Å². The van der Waals surface area contributed by atoms with Gasteiger partial charge >= 0.3 is 0 Å². The zero-order valence-corrected chi connectivity index (χ0v) is 10.4. The number of pyridine rings is 1. The molecule has 0 amide bonds. The lowest BCUT2D eigenvalue weighted by molar-refractivity contribution is 0.628. The predicted molar refractivity (Wildman–Crippen MR) is 70.0 cm³/mol. The number of hydrogen-bond donors (Lipinski definition) is 1. The first kappa shape index (κ1) is 11.7. The van der Waals surface area contributed by atoms with Crippen molar-refractivity contribution in [2.45, 2.75) is 0 Å². The number of nitrogen functional groups attached to an aromatic ring is 1. The summed E-state index contributed by atoms with van der Waals surface area (Å²) in [4.78, 5) is 8.16. The minimum atomic E-state index is -0.272. The summed E-state index contributed by atoms with van der Waals surface area (Å²) in [5, 5.41) is 0. The number of nitrogens with two attached hydrogens (primary N) is 1. The highest BCUT2D eigenvalue weighted by atomic mass is 79.9. The van der Waals surface area contributed by atoms with Gasteiger partial charge in [-0.15, -0.1) is 0 Å². The predicted octanol–water partition coefficient (Wildman–Crippen LogP) is 3.32. The number of hydrogen-bond acceptors (Lipinski definition) is 3. The van der Waals surface area contributed by atoms with Crippen molar-refractivity contribution in [1.29, 1.82) is 0 Å². The molecule has 1 aromatic carbocycles. The maximum Gasteiger partial charge on any atom is 0.149 e. The highest BCUT2D eigenvalue weighted by Crippen LogP contribution is 2.23. The summed E-state index contributed by atoms with van der Waals surface area (Å²) >= 11 is 3.29. The number of benzene rings is 1. The van der Waals surface area contributed by atoms with Gasteiger partial charge in [-0.25, -0.2) is 9.37 Å². The van der Waals surface area contributed by atoms with Crippen molar-refractivity contribution in [3.8, 4) is 0 Å². The molecule has 0 spiro atoms. The Bertz CT molecular complexity index is 552. The molecule has 0 fully saturated rings. The molecular formula is C12H9BrFN3. The Labute approximate surface area is 106 Å². The van der Waals surface area contributed by atoms with Crippen LogP contribution in [0.3, 0.4) is 0 Å². The zero-order chi connectivity index (χ0) is 12.3. The van der Waals surface area contributed by atoms with Gasteiger partial charge in [0.05, 0.1) is 0 Å². The Hall–Kier alpha value is -1.75. The van der Waals surface area contributed by atoms with Crippen molar-refractivity contribution in [3.63, 3.8) is 0 Å². The fourth-order valence-corrected chi connectivity index (χ4v) is 1.55. The molecule has 2 rings (SSSR count). The Morgan fingerprint density at radius 2 is 2.00 bits per heavy atom. The van der Waals surface area contributed by atoms with Crippen LogP contribution in [0.15, 0.2) is 46.0 Å². The van der Waals surface area contributed by atoms with Crippen LogP contribution in [0.2, 0.25) is 0 Å². The lowest BCUT2D eigenvalue weighted by Crippen LogP contribution is -1.90. The first-order valence-corrected chi connectivity index (χ1v) is 5.65. The molecule has 0 aliphatic carbocycles. The van der Waals surface area contributed by atoms with E-state index in [-0.39, 0.29) is 5.82 Å². The van der Waals surface area contributed by atoms with Gasteiger partial charge in [0.2, 0.25) is 0 Å². The maximum atomic E-state index is 12.7. The van der Waals surface area contributed by atoms with E-state index >= 15 is 0 Å². The summed E-state index contributed by atoms with van der Waals surface area (Å²) in [6, 6.07) is 7.80. The van der Waals surface area contributed by atoms with Gasteiger partial charge in [0.25, 0.3) is 0 Å². The Morgan fingerprint density at radius 3 is 2.71 bits per heavy atom. The molecule has 0 unspecified atom stereocenters. The van der Waals surface area contributed by atoms with Crippen LogP contribution in [0.4, 0.5) is 15.9 Å². The van der Waals surface area contributed by atoms with Gasteiger partial charge in [0, 0.05) is 16.9 Å². The van der Waals surface area contributed by atoms with Gasteiger partial charge in [0.1, 0.15) is 17.3 Å². The highest BCUT2D eigenvalue weighted by Gasteiger charge is 1.98. The van der Waals surface area contributed by atoms with E-state index in [1.54, 1.807) is 30.6 Å². The van der Waals surface area contributed by atoms with Crippen molar-refractivity contribution in [1.82, 2.24) is 4.98 Å². The van der Waals surface area contributed by atoms with Gasteiger partial charge < -0.3 is 5.73 Å². The minimum Gasteiger partial charge on any atom is -0.382 e. The average Bonchev–Trinajstić information content (AvgIpc) is 2.32. The molecule has 0 saturated carbocycles. The van der Waals surface area contributed by atoms with Crippen LogP contribution in [-0.2, 0) is 0 Å². The lowest BCUT2D eigenvalue weighted by atomic mass is 10.2. The first-order chi connectivity index (χ1) is 8.15. The van der Waals surface area contributed by atoms with Crippen LogP contribution in [0, 0.1) is 5.82 Å². The third-order valence-electron chi connectivity index (χ3n) is 2.09. The summed E-state index contributed by atoms with van der Waals surface area (Å²) in [6.45, 7) is 0. The maximum absolute atomic E-state index is 12.7. The van der Waals surface area contributed by atoms with Gasteiger partial charge in [-0.2, -0.15) is 0 Å². The van der Waals surface area contributed by atoms with E-state index in [2.05, 4.69) is 25.9 Å². The smallest absolute Gasteiger partial charge is 0.149 e. The fourth-order valence-electron chi connectivity index (χ4n) is 1.24. The van der Waals surface area contributed by atoms with E-state index in [1.165, 1.54) is 12.1 Å². The Kier molecular flexibility index (Phi) is 3.49. The van der Waals surface area contributed by atoms with E-state index in [0.29, 0.717) is 11.5 Å². The number of aromatic nitrogens is 1. The van der Waals surface area contributed by atoms with Crippen LogP contribution in [0.1, 0.15) is 5.56 Å². The standard InChI is InChI=1S/C12H9BrFN3/c13-9-5-11(12(15)17-7-9)16-6-8-1-3-10(14)4-2-8/h1-7H,(H2,15,17). The van der Waals surface area contributed by atoms with Crippen molar-refractivity contribution in [2.75, 3.05) is 5.73 Å². The van der Waals surface area contributed by atoms with Crippen molar-refractivity contribution >= 4 is 33.6 Å². The molecule has 0 bridgehead atoms. The van der Waals surface area contributed by atoms with Gasteiger partial charge in [-0.3, -0.25) is 4.99 Å². The summed E-state index contributed by atoms with van der Waals surface area (Å²) < 4.78 is 13.5. The fraction of sp³-hybridized carbons (Fsp3) is 0. The summed E-state index contributed by atoms with van der Waals surface area (Å²) in [6.07, 6.45) is 3.21. The summed E-state index contributed by atoms with van der Waals surface area (Å²) in [5.41, 5.74) is 7.04. The summed E-state index contributed by atoms with van der Waals surface area (Å²) in [5.74, 6) is 0.0809. The molecule has 0 saturated heterocycles. The molecule has 2 aromatic rings. The molecule has 5 heteroatoms. The number of rotatable bonds is 2. The van der Waals surface area contributed by atoms with Crippen molar-refractivity contribution in [2.24, 2.45) is 4.99 Å². The number of anilines is 1. The Balaban J connectivity index is 2.25. The van der Waals surface area contributed by atoms with Crippen LogP contribution in [0.5, 0.6) is 0 Å². The highest BCUT2D eigenvalue weighted by molar-refractivity contribution is 9.10. The second kappa shape index (κ2) is 5.05. The Morgan fingerprint density at radius 1 is 1.29 bits per heavy atom. The summed E-state index contributed by atoms with van der Waals surface area (Å²) in [7, 11) is 0. The monoisotopic (exact) mass is 293 g/mol. The number of halogens is 2. The van der Waals surface area contributed by atoms with Gasteiger partial charge in [-0.05, 0) is 39.7 Å².